The molecule has 2 aromatic rings. The number of methoxy groups -OCH3 is 1. The van der Waals surface area contributed by atoms with Gasteiger partial charge in [0.25, 0.3) is 11.6 Å². The quantitative estimate of drug-likeness (QED) is 0.340. The fourth-order valence-corrected chi connectivity index (χ4v) is 4.42. The number of thiophene rings is 1. The monoisotopic (exact) mass is 404 g/mol. The lowest BCUT2D eigenvalue weighted by Gasteiger charge is -2.08. The lowest BCUT2D eigenvalue weighted by atomic mass is 10.1. The number of carbonyl (C=O) groups is 2. The van der Waals surface area contributed by atoms with Crippen LogP contribution in [0.5, 0.6) is 5.75 Å². The molecule has 9 heteroatoms. The molecule has 0 fully saturated rings. The second-order valence-electron chi connectivity index (χ2n) is 6.35. The van der Waals surface area contributed by atoms with Crippen LogP contribution in [-0.2, 0) is 22.4 Å². The summed E-state index contributed by atoms with van der Waals surface area (Å²) >= 11 is 1.41. The van der Waals surface area contributed by atoms with Crippen LogP contribution in [0.25, 0.3) is 0 Å². The van der Waals surface area contributed by atoms with Gasteiger partial charge in [0.1, 0.15) is 10.8 Å². The Kier molecular flexibility index (Phi) is 6.25. The molecule has 1 aliphatic rings. The molecule has 0 atom stereocenters. The Morgan fingerprint density at radius 2 is 1.89 bits per heavy atom. The molecule has 1 heterocycles. The molecule has 1 aliphatic carbocycles. The fraction of sp³-hybridized carbons (Fsp3) is 0.368. The average molecular weight is 404 g/mol. The molecule has 28 heavy (non-hydrogen) atoms. The molecule has 3 rings (SSSR count). The number of ether oxygens (including phenoxy) is 2. The maximum absolute atomic E-state index is 12.3. The van der Waals surface area contributed by atoms with Crippen LogP contribution in [0, 0.1) is 10.1 Å². The highest BCUT2D eigenvalue weighted by Gasteiger charge is 2.26. The van der Waals surface area contributed by atoms with Crippen molar-refractivity contribution in [2.24, 2.45) is 0 Å². The Bertz CT molecular complexity index is 891. The molecule has 1 aromatic carbocycles. The largest absolute Gasteiger partial charge is 0.484 e. The van der Waals surface area contributed by atoms with Crippen molar-refractivity contribution in [1.82, 2.24) is 0 Å². The van der Waals surface area contributed by atoms with Gasteiger partial charge in [0.2, 0.25) is 0 Å². The van der Waals surface area contributed by atoms with Gasteiger partial charge in [-0.2, -0.15) is 0 Å². The van der Waals surface area contributed by atoms with Gasteiger partial charge >= 0.3 is 5.97 Å². The molecular weight excluding hydrogens is 384 g/mol. The molecule has 0 aliphatic heterocycles. The number of nitro benzene ring substituents is 1. The van der Waals surface area contributed by atoms with Gasteiger partial charge in [-0.1, -0.05) is 6.42 Å². The van der Waals surface area contributed by atoms with Crippen molar-refractivity contribution in [3.8, 4) is 5.75 Å². The predicted octanol–water partition coefficient (Wildman–Crippen LogP) is 3.73. The first-order valence-corrected chi connectivity index (χ1v) is 9.71. The minimum absolute atomic E-state index is 0.0559. The standard InChI is InChI=1S/C19H20N2O6S/c1-26-19(23)17-14-5-3-2-4-6-15(14)28-18(17)20-16(22)11-27-13-9-7-12(8-10-13)21(24)25/h7-10H,2-6,11H2,1H3,(H,20,22). The van der Waals surface area contributed by atoms with E-state index >= 15 is 0 Å². The second kappa shape index (κ2) is 8.83. The summed E-state index contributed by atoms with van der Waals surface area (Å²) in [6, 6.07) is 5.47. The molecular formula is C19H20N2O6S. The van der Waals surface area contributed by atoms with Gasteiger partial charge in [-0.05, 0) is 43.4 Å². The number of fused-ring (bicyclic) bond motifs is 1. The zero-order valence-electron chi connectivity index (χ0n) is 15.4. The lowest BCUT2D eigenvalue weighted by Crippen LogP contribution is -2.21. The molecule has 0 saturated heterocycles. The van der Waals surface area contributed by atoms with Crippen molar-refractivity contribution < 1.29 is 24.0 Å². The SMILES string of the molecule is COC(=O)c1c(NC(=O)COc2ccc([N+](=O)[O-])cc2)sc2c1CCCCC2. The minimum atomic E-state index is -0.508. The number of anilines is 1. The number of carbonyl (C=O) groups excluding carboxylic acids is 2. The van der Waals surface area contributed by atoms with Gasteiger partial charge in [0.15, 0.2) is 6.61 Å². The Labute approximate surface area is 165 Å². The van der Waals surface area contributed by atoms with Crippen molar-refractivity contribution in [2.75, 3.05) is 19.0 Å². The van der Waals surface area contributed by atoms with E-state index in [9.17, 15) is 19.7 Å². The summed E-state index contributed by atoms with van der Waals surface area (Å²) < 4.78 is 10.3. The Balaban J connectivity index is 1.69. The van der Waals surface area contributed by atoms with Gasteiger partial charge in [-0.15, -0.1) is 11.3 Å². The number of hydrogen-bond acceptors (Lipinski definition) is 7. The number of non-ortho nitro benzene ring substituents is 1. The third-order valence-electron chi connectivity index (χ3n) is 4.48. The number of benzene rings is 1. The van der Waals surface area contributed by atoms with E-state index in [1.807, 2.05) is 0 Å². The molecule has 1 amide bonds. The topological polar surface area (TPSA) is 108 Å². The van der Waals surface area contributed by atoms with Crippen LogP contribution in [-0.4, -0.2) is 30.5 Å². The van der Waals surface area contributed by atoms with E-state index in [2.05, 4.69) is 5.32 Å². The molecule has 1 aromatic heterocycles. The molecule has 0 radical (unpaired) electrons. The summed E-state index contributed by atoms with van der Waals surface area (Å²) in [6.45, 7) is -0.277. The van der Waals surface area contributed by atoms with Crippen LogP contribution in [0.3, 0.4) is 0 Å². The van der Waals surface area contributed by atoms with Crippen LogP contribution >= 0.6 is 11.3 Å². The van der Waals surface area contributed by atoms with E-state index in [0.29, 0.717) is 16.3 Å². The highest BCUT2D eigenvalue weighted by molar-refractivity contribution is 7.17. The van der Waals surface area contributed by atoms with Gasteiger partial charge in [-0.25, -0.2) is 4.79 Å². The average Bonchev–Trinajstić information content (AvgIpc) is 2.86. The number of aryl methyl sites for hydroxylation is 1. The summed E-state index contributed by atoms with van der Waals surface area (Å²) in [7, 11) is 1.33. The van der Waals surface area contributed by atoms with Gasteiger partial charge in [-0.3, -0.25) is 14.9 Å². The Hall–Kier alpha value is -2.94. The first-order chi connectivity index (χ1) is 13.5. The number of hydrogen-bond donors (Lipinski definition) is 1. The van der Waals surface area contributed by atoms with E-state index in [1.54, 1.807) is 0 Å². The van der Waals surface area contributed by atoms with Crippen LogP contribution in [0.4, 0.5) is 10.7 Å². The third kappa shape index (κ3) is 4.48. The highest BCUT2D eigenvalue weighted by Crippen LogP contribution is 2.37. The van der Waals surface area contributed by atoms with Crippen LogP contribution < -0.4 is 10.1 Å². The number of rotatable bonds is 6. The van der Waals surface area contributed by atoms with Gasteiger partial charge in [0.05, 0.1) is 17.6 Å². The molecule has 148 valence electrons. The third-order valence-corrected chi connectivity index (χ3v) is 5.69. The maximum Gasteiger partial charge on any atom is 0.341 e. The molecule has 0 spiro atoms. The summed E-state index contributed by atoms with van der Waals surface area (Å²) in [5, 5.41) is 13.9. The highest BCUT2D eigenvalue weighted by atomic mass is 32.1. The first-order valence-electron chi connectivity index (χ1n) is 8.89. The minimum Gasteiger partial charge on any atom is -0.484 e. The number of esters is 1. The maximum atomic E-state index is 12.3. The van der Waals surface area contributed by atoms with Gasteiger partial charge in [0, 0.05) is 17.0 Å². The van der Waals surface area contributed by atoms with E-state index in [-0.39, 0.29) is 12.3 Å². The van der Waals surface area contributed by atoms with E-state index < -0.39 is 16.8 Å². The van der Waals surface area contributed by atoms with Crippen molar-refractivity contribution >= 4 is 33.9 Å². The summed E-state index contributed by atoms with van der Waals surface area (Å²) in [5.74, 6) is -0.526. The smallest absolute Gasteiger partial charge is 0.341 e. The van der Waals surface area contributed by atoms with E-state index in [4.69, 9.17) is 9.47 Å². The van der Waals surface area contributed by atoms with E-state index in [0.717, 1.165) is 42.5 Å². The first kappa shape index (κ1) is 19.8. The zero-order chi connectivity index (χ0) is 20.1. The molecule has 1 N–H and O–H groups in total. The van der Waals surface area contributed by atoms with Crippen LogP contribution in [0.2, 0.25) is 0 Å². The van der Waals surface area contributed by atoms with Crippen LogP contribution in [0.1, 0.15) is 40.1 Å². The normalized spacial score (nSPS) is 13.2. The van der Waals surface area contributed by atoms with Crippen molar-refractivity contribution in [2.45, 2.75) is 32.1 Å². The predicted molar refractivity (Wildman–Crippen MR) is 104 cm³/mol. The zero-order valence-corrected chi connectivity index (χ0v) is 16.2. The van der Waals surface area contributed by atoms with Gasteiger partial charge < -0.3 is 14.8 Å². The fourth-order valence-electron chi connectivity index (χ4n) is 3.12. The Morgan fingerprint density at radius 3 is 2.57 bits per heavy atom. The number of nitro groups is 1. The molecule has 0 unspecified atom stereocenters. The Morgan fingerprint density at radius 1 is 1.18 bits per heavy atom. The lowest BCUT2D eigenvalue weighted by molar-refractivity contribution is -0.384. The molecule has 0 saturated carbocycles. The van der Waals surface area contributed by atoms with Crippen molar-refractivity contribution in [3.05, 3.63) is 50.4 Å². The second-order valence-corrected chi connectivity index (χ2v) is 7.45. The van der Waals surface area contributed by atoms with Crippen molar-refractivity contribution in [3.63, 3.8) is 0 Å². The summed E-state index contributed by atoms with van der Waals surface area (Å²) in [5.41, 5.74) is 1.36. The van der Waals surface area contributed by atoms with E-state index in [1.165, 1.54) is 42.7 Å². The number of nitrogens with zero attached hydrogens (tertiary/aromatic N) is 1. The summed E-state index contributed by atoms with van der Waals surface area (Å²) in [6.07, 6.45) is 4.87. The molecule has 8 nitrogen and oxygen atoms in total. The molecule has 0 bridgehead atoms. The summed E-state index contributed by atoms with van der Waals surface area (Å²) in [4.78, 5) is 35.9. The number of amides is 1. The van der Waals surface area contributed by atoms with Crippen LogP contribution in [0.15, 0.2) is 24.3 Å². The van der Waals surface area contributed by atoms with Crippen molar-refractivity contribution in [1.29, 1.82) is 0 Å². The number of nitrogens with one attached hydrogen (secondary N) is 1.